The topological polar surface area (TPSA) is 51.1 Å². The van der Waals surface area contributed by atoms with Crippen LogP contribution in [0.4, 0.5) is 0 Å². The number of ether oxygens (including phenoxy) is 2. The van der Waals surface area contributed by atoms with Crippen molar-refractivity contribution in [3.63, 3.8) is 0 Å². The van der Waals surface area contributed by atoms with E-state index >= 15 is 0 Å². The second-order valence-corrected chi connectivity index (χ2v) is 9.16. The Morgan fingerprint density at radius 1 is 0.914 bits per heavy atom. The third-order valence-corrected chi connectivity index (χ3v) is 6.92. The molecule has 0 saturated heterocycles. The summed E-state index contributed by atoms with van der Waals surface area (Å²) < 4.78 is 10.7. The monoisotopic (exact) mass is 466 g/mol. The molecule has 0 bridgehead atoms. The minimum absolute atomic E-state index is 0.0727. The number of carbonyl (C=O) groups excluding carboxylic acids is 1. The van der Waals surface area contributed by atoms with Crippen LogP contribution in [-0.4, -0.2) is 30.8 Å². The molecule has 3 aromatic carbocycles. The summed E-state index contributed by atoms with van der Waals surface area (Å²) in [7, 11) is 3.34. The molecule has 178 valence electrons. The Bertz CT molecular complexity index is 1260. The lowest BCUT2D eigenvalue weighted by molar-refractivity contribution is 0.0681. The van der Waals surface area contributed by atoms with E-state index in [1.54, 1.807) is 19.2 Å². The standard InChI is InChI=1S/C30H30N2O3/c1-20-7-11-23(12-8-20)30(33)32-29(22-13-17-26(35-3)18-14-22)27-6-4-5-24(28(27)31-32)19-21-9-15-25(34-2)16-10-21/h7-19,27,29H,4-6H2,1-3H3/b24-19+/t27-,29+/m1/s1. The predicted molar refractivity (Wildman–Crippen MR) is 139 cm³/mol. The molecule has 3 aromatic rings. The second-order valence-electron chi connectivity index (χ2n) is 9.16. The third-order valence-electron chi connectivity index (χ3n) is 6.92. The van der Waals surface area contributed by atoms with Gasteiger partial charge in [0.1, 0.15) is 11.5 Å². The molecule has 5 heteroatoms. The number of methoxy groups -OCH3 is 2. The lowest BCUT2D eigenvalue weighted by Crippen LogP contribution is -2.31. The molecule has 0 spiro atoms. The van der Waals surface area contributed by atoms with Crippen molar-refractivity contribution in [3.8, 4) is 11.5 Å². The molecule has 0 radical (unpaired) electrons. The SMILES string of the molecule is COc1ccc(/C=C2\CCC[C@@H]3C2=NN(C(=O)c2ccc(C)cc2)[C@H]3c2ccc(OC)cc2)cc1. The van der Waals surface area contributed by atoms with E-state index in [4.69, 9.17) is 14.6 Å². The Morgan fingerprint density at radius 3 is 2.17 bits per heavy atom. The molecule has 1 aliphatic heterocycles. The van der Waals surface area contributed by atoms with Crippen LogP contribution >= 0.6 is 0 Å². The first-order valence-electron chi connectivity index (χ1n) is 12.0. The van der Waals surface area contributed by atoms with E-state index in [-0.39, 0.29) is 17.9 Å². The van der Waals surface area contributed by atoms with Gasteiger partial charge in [-0.3, -0.25) is 4.79 Å². The highest BCUT2D eigenvalue weighted by atomic mass is 16.5. The van der Waals surface area contributed by atoms with E-state index in [0.717, 1.165) is 53.2 Å². The number of hydrogen-bond donors (Lipinski definition) is 0. The number of carbonyl (C=O) groups is 1. The number of aryl methyl sites for hydroxylation is 1. The van der Waals surface area contributed by atoms with Gasteiger partial charge in [-0.05, 0) is 85.4 Å². The molecule has 35 heavy (non-hydrogen) atoms. The van der Waals surface area contributed by atoms with Crippen molar-refractivity contribution < 1.29 is 14.3 Å². The Kier molecular flexibility index (Phi) is 6.41. The molecule has 0 N–H and O–H groups in total. The molecule has 1 fully saturated rings. The van der Waals surface area contributed by atoms with Crippen molar-refractivity contribution in [1.82, 2.24) is 5.01 Å². The van der Waals surface area contributed by atoms with E-state index < -0.39 is 0 Å². The van der Waals surface area contributed by atoms with Crippen LogP contribution in [0.25, 0.3) is 6.08 Å². The van der Waals surface area contributed by atoms with Gasteiger partial charge in [0.25, 0.3) is 5.91 Å². The number of allylic oxidation sites excluding steroid dienone is 1. The third kappa shape index (κ3) is 4.59. The first-order chi connectivity index (χ1) is 17.1. The maximum atomic E-state index is 13.7. The summed E-state index contributed by atoms with van der Waals surface area (Å²) in [5.41, 5.74) is 6.17. The van der Waals surface area contributed by atoms with Crippen LogP contribution in [0, 0.1) is 12.8 Å². The van der Waals surface area contributed by atoms with Gasteiger partial charge in [0.05, 0.1) is 26.0 Å². The molecule has 1 saturated carbocycles. The van der Waals surface area contributed by atoms with Gasteiger partial charge in [-0.25, -0.2) is 5.01 Å². The summed E-state index contributed by atoms with van der Waals surface area (Å²) in [5.74, 6) is 1.71. The summed E-state index contributed by atoms with van der Waals surface area (Å²) in [6.07, 6.45) is 5.21. The zero-order chi connectivity index (χ0) is 24.4. The van der Waals surface area contributed by atoms with Crippen molar-refractivity contribution in [1.29, 1.82) is 0 Å². The van der Waals surface area contributed by atoms with Gasteiger partial charge < -0.3 is 9.47 Å². The van der Waals surface area contributed by atoms with Gasteiger partial charge >= 0.3 is 0 Å². The first-order valence-corrected chi connectivity index (χ1v) is 12.0. The van der Waals surface area contributed by atoms with Crippen molar-refractivity contribution in [2.45, 2.75) is 32.2 Å². The maximum absolute atomic E-state index is 13.7. The van der Waals surface area contributed by atoms with E-state index in [2.05, 4.69) is 30.3 Å². The van der Waals surface area contributed by atoms with Gasteiger partial charge in [-0.1, -0.05) is 42.0 Å². The minimum Gasteiger partial charge on any atom is -0.497 e. The number of hydrazone groups is 1. The number of fused-ring (bicyclic) bond motifs is 1. The summed E-state index contributed by atoms with van der Waals surface area (Å²) >= 11 is 0. The number of benzene rings is 3. The second kappa shape index (κ2) is 9.79. The van der Waals surface area contributed by atoms with Crippen molar-refractivity contribution in [2.75, 3.05) is 14.2 Å². The van der Waals surface area contributed by atoms with E-state index in [9.17, 15) is 4.79 Å². The van der Waals surface area contributed by atoms with E-state index in [0.29, 0.717) is 5.56 Å². The molecule has 2 aliphatic rings. The fourth-order valence-corrected chi connectivity index (χ4v) is 5.03. The van der Waals surface area contributed by atoms with Gasteiger partial charge in [-0.15, -0.1) is 0 Å². The zero-order valence-corrected chi connectivity index (χ0v) is 20.4. The largest absolute Gasteiger partial charge is 0.497 e. The van der Waals surface area contributed by atoms with E-state index in [1.165, 1.54) is 5.57 Å². The Balaban J connectivity index is 1.55. The zero-order valence-electron chi connectivity index (χ0n) is 20.4. The van der Waals surface area contributed by atoms with Crippen LogP contribution < -0.4 is 9.47 Å². The lowest BCUT2D eigenvalue weighted by atomic mass is 9.77. The normalized spacial score (nSPS) is 20.4. The fraction of sp³-hybridized carbons (Fsp3) is 0.267. The smallest absolute Gasteiger partial charge is 0.274 e. The van der Waals surface area contributed by atoms with Crippen molar-refractivity contribution in [3.05, 3.63) is 101 Å². The molecule has 1 amide bonds. The summed E-state index contributed by atoms with van der Waals surface area (Å²) in [6.45, 7) is 2.02. The highest BCUT2D eigenvalue weighted by Gasteiger charge is 2.43. The molecule has 1 heterocycles. The number of hydrogen-bond acceptors (Lipinski definition) is 4. The number of amides is 1. The maximum Gasteiger partial charge on any atom is 0.274 e. The quantitative estimate of drug-likeness (QED) is 0.434. The summed E-state index contributed by atoms with van der Waals surface area (Å²) in [5, 5.41) is 6.70. The molecule has 5 rings (SSSR count). The predicted octanol–water partition coefficient (Wildman–Crippen LogP) is 6.45. The van der Waals surface area contributed by atoms with Crippen molar-refractivity contribution >= 4 is 17.7 Å². The highest BCUT2D eigenvalue weighted by molar-refractivity contribution is 6.09. The average molecular weight is 467 g/mol. The fourth-order valence-electron chi connectivity index (χ4n) is 5.03. The van der Waals surface area contributed by atoms with Crippen LogP contribution in [0.3, 0.4) is 0 Å². The molecular formula is C30H30N2O3. The average Bonchev–Trinajstić information content (AvgIpc) is 3.30. The number of rotatable bonds is 5. The van der Waals surface area contributed by atoms with Gasteiger partial charge in [0, 0.05) is 11.5 Å². The van der Waals surface area contributed by atoms with Crippen LogP contribution in [0.1, 0.15) is 52.4 Å². The Labute approximate surface area is 206 Å². The Morgan fingerprint density at radius 2 is 1.54 bits per heavy atom. The summed E-state index contributed by atoms with van der Waals surface area (Å²) in [6, 6.07) is 23.6. The molecule has 1 aliphatic carbocycles. The van der Waals surface area contributed by atoms with Crippen LogP contribution in [0.5, 0.6) is 11.5 Å². The lowest BCUT2D eigenvalue weighted by Gasteiger charge is -2.29. The highest BCUT2D eigenvalue weighted by Crippen LogP contribution is 2.45. The van der Waals surface area contributed by atoms with Crippen LogP contribution in [0.15, 0.2) is 83.5 Å². The minimum atomic E-state index is -0.149. The van der Waals surface area contributed by atoms with Gasteiger partial charge in [-0.2, -0.15) is 5.10 Å². The Hall–Kier alpha value is -3.86. The molecule has 5 nitrogen and oxygen atoms in total. The first kappa shape index (κ1) is 22.9. The molecule has 2 atom stereocenters. The summed E-state index contributed by atoms with van der Waals surface area (Å²) in [4.78, 5) is 13.7. The molecular weight excluding hydrogens is 436 g/mol. The van der Waals surface area contributed by atoms with Gasteiger partial charge in [0.2, 0.25) is 0 Å². The van der Waals surface area contributed by atoms with Gasteiger partial charge in [0.15, 0.2) is 0 Å². The van der Waals surface area contributed by atoms with Crippen molar-refractivity contribution in [2.24, 2.45) is 11.0 Å². The number of nitrogens with zero attached hydrogens (tertiary/aromatic N) is 2. The molecule has 0 unspecified atom stereocenters. The van der Waals surface area contributed by atoms with Crippen LogP contribution in [-0.2, 0) is 0 Å². The van der Waals surface area contributed by atoms with Crippen LogP contribution in [0.2, 0.25) is 0 Å². The van der Waals surface area contributed by atoms with E-state index in [1.807, 2.05) is 55.5 Å². The molecule has 0 aromatic heterocycles.